The van der Waals surface area contributed by atoms with Gasteiger partial charge in [-0.1, -0.05) is 19.1 Å². The van der Waals surface area contributed by atoms with Crippen LogP contribution in [0.15, 0.2) is 24.3 Å². The van der Waals surface area contributed by atoms with E-state index >= 15 is 0 Å². The first kappa shape index (κ1) is 13.0. The molecule has 0 bridgehead atoms. The molecule has 0 radical (unpaired) electrons. The van der Waals surface area contributed by atoms with Crippen LogP contribution in [-0.2, 0) is 5.41 Å². The number of hydrogen-bond donors (Lipinski definition) is 2. The zero-order valence-electron chi connectivity index (χ0n) is 12.4. The Morgan fingerprint density at radius 3 is 2.53 bits per heavy atom. The van der Waals surface area contributed by atoms with E-state index in [4.69, 9.17) is 5.73 Å². The minimum atomic E-state index is 0.298. The van der Waals surface area contributed by atoms with Crippen molar-refractivity contribution in [2.45, 2.75) is 50.5 Å². The molecule has 2 fully saturated rings. The van der Waals surface area contributed by atoms with E-state index in [0.29, 0.717) is 11.0 Å². The number of nitrogens with two attached hydrogens (primary N) is 1. The van der Waals surface area contributed by atoms with Crippen molar-refractivity contribution in [3.8, 4) is 0 Å². The molecule has 104 valence electrons. The van der Waals surface area contributed by atoms with Gasteiger partial charge in [-0.25, -0.2) is 0 Å². The van der Waals surface area contributed by atoms with Crippen LogP contribution in [0.2, 0.25) is 0 Å². The largest absolute Gasteiger partial charge is 0.399 e. The van der Waals surface area contributed by atoms with Crippen LogP contribution in [0.5, 0.6) is 0 Å². The Hall–Kier alpha value is -1.02. The fourth-order valence-electron chi connectivity index (χ4n) is 4.85. The summed E-state index contributed by atoms with van der Waals surface area (Å²) < 4.78 is 0. The van der Waals surface area contributed by atoms with Crippen molar-refractivity contribution in [1.29, 1.82) is 0 Å². The van der Waals surface area contributed by atoms with Gasteiger partial charge in [-0.05, 0) is 69.2 Å². The van der Waals surface area contributed by atoms with Crippen LogP contribution in [0.3, 0.4) is 0 Å². The highest BCUT2D eigenvalue weighted by Gasteiger charge is 2.56. The second kappa shape index (κ2) is 4.24. The highest BCUT2D eigenvalue weighted by atomic mass is 15.0. The minimum Gasteiger partial charge on any atom is -0.399 e. The van der Waals surface area contributed by atoms with Gasteiger partial charge in [0, 0.05) is 16.6 Å². The smallest absolute Gasteiger partial charge is 0.0314 e. The molecule has 19 heavy (non-hydrogen) atoms. The zero-order valence-corrected chi connectivity index (χ0v) is 12.4. The highest BCUT2D eigenvalue weighted by molar-refractivity contribution is 5.43. The van der Waals surface area contributed by atoms with E-state index in [1.165, 1.54) is 31.2 Å². The van der Waals surface area contributed by atoms with Crippen LogP contribution < -0.4 is 11.1 Å². The van der Waals surface area contributed by atoms with Crippen molar-refractivity contribution in [3.63, 3.8) is 0 Å². The first-order valence-corrected chi connectivity index (χ1v) is 7.52. The van der Waals surface area contributed by atoms with Crippen molar-refractivity contribution in [1.82, 2.24) is 5.32 Å². The SMILES string of the molecule is CNC1(C)CC2CC(C)CC2(c2ccc(N)cc2)C1. The van der Waals surface area contributed by atoms with E-state index < -0.39 is 0 Å². The van der Waals surface area contributed by atoms with Gasteiger partial charge in [-0.2, -0.15) is 0 Å². The second-order valence-electron chi connectivity index (χ2n) is 7.21. The Labute approximate surface area is 116 Å². The lowest BCUT2D eigenvalue weighted by atomic mass is 9.73. The molecule has 2 aliphatic rings. The second-order valence-corrected chi connectivity index (χ2v) is 7.21. The van der Waals surface area contributed by atoms with Gasteiger partial charge in [-0.15, -0.1) is 0 Å². The van der Waals surface area contributed by atoms with E-state index in [1.54, 1.807) is 0 Å². The molecule has 4 atom stereocenters. The Bertz CT molecular complexity index is 467. The Kier molecular flexibility index (Phi) is 2.90. The van der Waals surface area contributed by atoms with Crippen molar-refractivity contribution >= 4 is 5.69 Å². The maximum absolute atomic E-state index is 5.85. The molecule has 0 saturated heterocycles. The molecular formula is C17H26N2. The van der Waals surface area contributed by atoms with Crippen molar-refractivity contribution in [2.75, 3.05) is 12.8 Å². The molecule has 1 aromatic carbocycles. The molecule has 2 aliphatic carbocycles. The molecule has 2 saturated carbocycles. The van der Waals surface area contributed by atoms with Crippen LogP contribution in [0.4, 0.5) is 5.69 Å². The normalized spacial score (nSPS) is 41.4. The quantitative estimate of drug-likeness (QED) is 0.799. The molecule has 3 N–H and O–H groups in total. The summed E-state index contributed by atoms with van der Waals surface area (Å²) in [5.41, 5.74) is 8.91. The summed E-state index contributed by atoms with van der Waals surface area (Å²) in [6, 6.07) is 8.67. The topological polar surface area (TPSA) is 38.0 Å². The first-order chi connectivity index (χ1) is 8.97. The number of rotatable bonds is 2. The molecule has 0 aromatic heterocycles. The number of anilines is 1. The Balaban J connectivity index is 2.01. The summed E-state index contributed by atoms with van der Waals surface area (Å²) in [5, 5.41) is 3.56. The molecule has 0 aliphatic heterocycles. The standard InChI is InChI=1S/C17H26N2/c1-12-8-14-10-16(2,19-3)11-17(14,9-12)13-4-6-15(18)7-5-13/h4-7,12,14,19H,8-11,18H2,1-3H3. The van der Waals surface area contributed by atoms with Gasteiger partial charge in [0.1, 0.15) is 0 Å². The molecule has 0 amide bonds. The maximum atomic E-state index is 5.85. The summed E-state index contributed by atoms with van der Waals surface area (Å²) >= 11 is 0. The van der Waals surface area contributed by atoms with E-state index in [9.17, 15) is 0 Å². The number of fused-ring (bicyclic) bond motifs is 1. The first-order valence-electron chi connectivity index (χ1n) is 7.52. The molecule has 2 nitrogen and oxygen atoms in total. The fourth-order valence-corrected chi connectivity index (χ4v) is 4.85. The van der Waals surface area contributed by atoms with Crippen molar-refractivity contribution in [3.05, 3.63) is 29.8 Å². The summed E-state index contributed by atoms with van der Waals surface area (Å²) in [4.78, 5) is 0. The van der Waals surface area contributed by atoms with Gasteiger partial charge >= 0.3 is 0 Å². The third kappa shape index (κ3) is 1.97. The molecule has 1 aromatic rings. The zero-order chi connectivity index (χ0) is 13.7. The van der Waals surface area contributed by atoms with Crippen molar-refractivity contribution < 1.29 is 0 Å². The number of hydrogen-bond acceptors (Lipinski definition) is 2. The van der Waals surface area contributed by atoms with Crippen LogP contribution in [-0.4, -0.2) is 12.6 Å². The van der Waals surface area contributed by atoms with Gasteiger partial charge in [0.15, 0.2) is 0 Å². The molecule has 0 spiro atoms. The van der Waals surface area contributed by atoms with E-state index in [1.807, 2.05) is 0 Å². The summed E-state index contributed by atoms with van der Waals surface area (Å²) in [7, 11) is 2.11. The third-order valence-corrected chi connectivity index (χ3v) is 5.67. The van der Waals surface area contributed by atoms with Crippen LogP contribution in [0.25, 0.3) is 0 Å². The summed E-state index contributed by atoms with van der Waals surface area (Å²) in [6.07, 6.45) is 5.27. The average Bonchev–Trinajstić information content (AvgIpc) is 2.80. The molecule has 2 heteroatoms. The van der Waals surface area contributed by atoms with Crippen LogP contribution in [0.1, 0.15) is 45.1 Å². The Morgan fingerprint density at radius 2 is 1.89 bits per heavy atom. The highest BCUT2D eigenvalue weighted by Crippen LogP contribution is 2.60. The predicted octanol–water partition coefficient (Wildman–Crippen LogP) is 3.32. The lowest BCUT2D eigenvalue weighted by Gasteiger charge is -2.32. The third-order valence-electron chi connectivity index (χ3n) is 5.67. The summed E-state index contributed by atoms with van der Waals surface area (Å²) in [5.74, 6) is 1.67. The fraction of sp³-hybridized carbons (Fsp3) is 0.647. The monoisotopic (exact) mass is 258 g/mol. The lowest BCUT2D eigenvalue weighted by Crippen LogP contribution is -2.39. The summed E-state index contributed by atoms with van der Waals surface area (Å²) in [6.45, 7) is 4.79. The number of nitrogen functional groups attached to an aromatic ring is 1. The van der Waals surface area contributed by atoms with Gasteiger partial charge in [0.25, 0.3) is 0 Å². The van der Waals surface area contributed by atoms with Crippen LogP contribution in [0, 0.1) is 11.8 Å². The van der Waals surface area contributed by atoms with Gasteiger partial charge in [0.05, 0.1) is 0 Å². The van der Waals surface area contributed by atoms with Gasteiger partial charge in [-0.3, -0.25) is 0 Å². The molecular weight excluding hydrogens is 232 g/mol. The van der Waals surface area contributed by atoms with E-state index in [-0.39, 0.29) is 0 Å². The number of nitrogens with one attached hydrogen (secondary N) is 1. The maximum Gasteiger partial charge on any atom is 0.0314 e. The average molecular weight is 258 g/mol. The number of benzene rings is 1. The van der Waals surface area contributed by atoms with E-state index in [0.717, 1.165) is 17.5 Å². The van der Waals surface area contributed by atoms with Crippen LogP contribution >= 0.6 is 0 Å². The van der Waals surface area contributed by atoms with Crippen molar-refractivity contribution in [2.24, 2.45) is 11.8 Å². The Morgan fingerprint density at radius 1 is 1.21 bits per heavy atom. The molecule has 3 rings (SSSR count). The predicted molar refractivity (Wildman–Crippen MR) is 81.1 cm³/mol. The molecule has 0 heterocycles. The minimum absolute atomic E-state index is 0.298. The van der Waals surface area contributed by atoms with E-state index in [2.05, 4.69) is 50.5 Å². The van der Waals surface area contributed by atoms with Gasteiger partial charge < -0.3 is 11.1 Å². The lowest BCUT2D eigenvalue weighted by molar-refractivity contribution is 0.330. The van der Waals surface area contributed by atoms with Gasteiger partial charge in [0.2, 0.25) is 0 Å². The molecule has 4 unspecified atom stereocenters.